The number of hydrogen-bond donors (Lipinski definition) is 0. The standard InChI is InChI=1S/C35H30NSi/c1-23-19-20-30-28-16-11-17-29(31-22-24-12-5-6-13-25(24)26-14-7-8-15-27(26)31)34(28)37(3,4)35(30)33(23)32-18-9-10-21-36(32)2/h5-22H,1-4H3/q+1. The molecule has 178 valence electrons. The molecule has 0 radical (unpaired) electrons. The molecule has 0 bridgehead atoms. The quantitative estimate of drug-likeness (QED) is 0.136. The van der Waals surface area contributed by atoms with Gasteiger partial charge in [0.1, 0.15) is 15.1 Å². The van der Waals surface area contributed by atoms with E-state index in [-0.39, 0.29) is 0 Å². The summed E-state index contributed by atoms with van der Waals surface area (Å²) in [4.78, 5) is 0. The summed E-state index contributed by atoms with van der Waals surface area (Å²) >= 11 is 0. The summed E-state index contributed by atoms with van der Waals surface area (Å²) in [5.41, 5.74) is 9.65. The molecule has 37 heavy (non-hydrogen) atoms. The molecule has 0 N–H and O–H groups in total. The van der Waals surface area contributed by atoms with Crippen LogP contribution in [0, 0.1) is 6.92 Å². The van der Waals surface area contributed by atoms with Crippen LogP contribution in [0.5, 0.6) is 0 Å². The van der Waals surface area contributed by atoms with Crippen molar-refractivity contribution in [1.29, 1.82) is 0 Å². The molecule has 1 nitrogen and oxygen atoms in total. The van der Waals surface area contributed by atoms with Gasteiger partial charge in [-0.2, -0.15) is 0 Å². The average molecular weight is 493 g/mol. The number of nitrogens with zero attached hydrogens (tertiary/aromatic N) is 1. The molecule has 0 saturated carbocycles. The Kier molecular flexibility index (Phi) is 4.80. The minimum Gasteiger partial charge on any atom is -0.201 e. The second-order valence-corrected chi connectivity index (χ2v) is 15.2. The Balaban J connectivity index is 1.56. The van der Waals surface area contributed by atoms with Crippen molar-refractivity contribution in [2.75, 3.05) is 0 Å². The van der Waals surface area contributed by atoms with E-state index in [1.165, 1.54) is 60.6 Å². The van der Waals surface area contributed by atoms with Gasteiger partial charge < -0.3 is 0 Å². The third-order valence-corrected chi connectivity index (χ3v) is 11.9. The van der Waals surface area contributed by atoms with Crippen molar-refractivity contribution in [3.63, 3.8) is 0 Å². The van der Waals surface area contributed by atoms with Crippen molar-refractivity contribution in [1.82, 2.24) is 0 Å². The maximum Gasteiger partial charge on any atom is 0.212 e. The zero-order valence-corrected chi connectivity index (χ0v) is 22.8. The fraction of sp³-hybridized carbons (Fsp3) is 0.114. The fourth-order valence-corrected chi connectivity index (χ4v) is 10.6. The van der Waals surface area contributed by atoms with Crippen molar-refractivity contribution < 1.29 is 4.57 Å². The molecule has 0 spiro atoms. The van der Waals surface area contributed by atoms with Gasteiger partial charge in [0.2, 0.25) is 5.69 Å². The van der Waals surface area contributed by atoms with Crippen LogP contribution in [0.4, 0.5) is 0 Å². The predicted octanol–water partition coefficient (Wildman–Crippen LogP) is 7.26. The van der Waals surface area contributed by atoms with Crippen molar-refractivity contribution in [3.8, 4) is 33.5 Å². The Morgan fingerprint density at radius 1 is 0.568 bits per heavy atom. The van der Waals surface area contributed by atoms with E-state index < -0.39 is 8.07 Å². The van der Waals surface area contributed by atoms with Crippen molar-refractivity contribution in [2.24, 2.45) is 7.05 Å². The van der Waals surface area contributed by atoms with Crippen LogP contribution in [0.15, 0.2) is 109 Å². The van der Waals surface area contributed by atoms with Crippen LogP contribution in [0.25, 0.3) is 55.1 Å². The lowest BCUT2D eigenvalue weighted by Crippen LogP contribution is -2.51. The topological polar surface area (TPSA) is 3.88 Å². The van der Waals surface area contributed by atoms with Gasteiger partial charge in [0.15, 0.2) is 6.20 Å². The van der Waals surface area contributed by atoms with Crippen LogP contribution in [0.1, 0.15) is 5.56 Å². The summed E-state index contributed by atoms with van der Waals surface area (Å²) in [7, 11) is 0.105. The molecule has 0 unspecified atom stereocenters. The molecule has 0 aliphatic carbocycles. The van der Waals surface area contributed by atoms with E-state index in [0.717, 1.165) is 0 Å². The zero-order chi connectivity index (χ0) is 25.3. The summed E-state index contributed by atoms with van der Waals surface area (Å²) < 4.78 is 2.27. The molecule has 1 aromatic heterocycles. The van der Waals surface area contributed by atoms with E-state index >= 15 is 0 Å². The van der Waals surface area contributed by atoms with Crippen LogP contribution in [0.3, 0.4) is 0 Å². The molecule has 0 amide bonds. The molecule has 1 aliphatic rings. The van der Waals surface area contributed by atoms with Gasteiger partial charge in [-0.15, -0.1) is 0 Å². The Morgan fingerprint density at radius 2 is 1.22 bits per heavy atom. The molecule has 2 heteroatoms. The largest absolute Gasteiger partial charge is 0.212 e. The lowest BCUT2D eigenvalue weighted by molar-refractivity contribution is -0.660. The smallest absolute Gasteiger partial charge is 0.201 e. The molecular weight excluding hydrogens is 462 g/mol. The highest BCUT2D eigenvalue weighted by Crippen LogP contribution is 2.40. The molecule has 6 aromatic rings. The summed E-state index contributed by atoms with van der Waals surface area (Å²) in [5.74, 6) is 0. The Labute approximate surface area is 219 Å². The van der Waals surface area contributed by atoms with Crippen molar-refractivity contribution >= 4 is 40.0 Å². The van der Waals surface area contributed by atoms with Crippen LogP contribution in [0.2, 0.25) is 13.1 Å². The number of fused-ring (bicyclic) bond motifs is 6. The molecule has 0 saturated heterocycles. The Bertz CT molecular complexity index is 1880. The van der Waals surface area contributed by atoms with Gasteiger partial charge in [0.05, 0.1) is 0 Å². The van der Waals surface area contributed by atoms with E-state index in [2.05, 4.69) is 141 Å². The molecule has 0 fully saturated rings. The first-order valence-corrected chi connectivity index (χ1v) is 16.1. The maximum absolute atomic E-state index is 2.55. The van der Waals surface area contributed by atoms with Crippen LogP contribution in [-0.2, 0) is 7.05 Å². The van der Waals surface area contributed by atoms with Gasteiger partial charge in [-0.25, -0.2) is 4.57 Å². The third-order valence-electron chi connectivity index (χ3n) is 8.39. The molecule has 2 heterocycles. The van der Waals surface area contributed by atoms with Gasteiger partial charge in [-0.05, 0) is 78.8 Å². The monoisotopic (exact) mass is 492 g/mol. The van der Waals surface area contributed by atoms with E-state index in [1.807, 2.05) is 0 Å². The van der Waals surface area contributed by atoms with E-state index in [0.29, 0.717) is 0 Å². The normalized spacial score (nSPS) is 13.6. The minimum atomic E-state index is -2.06. The second kappa shape index (κ2) is 7.99. The second-order valence-electron chi connectivity index (χ2n) is 10.9. The van der Waals surface area contributed by atoms with Gasteiger partial charge in [0, 0.05) is 17.7 Å². The average Bonchev–Trinajstić information content (AvgIpc) is 3.15. The van der Waals surface area contributed by atoms with Gasteiger partial charge in [0.25, 0.3) is 0 Å². The molecular formula is C35H30NSi+. The van der Waals surface area contributed by atoms with E-state index in [4.69, 9.17) is 0 Å². The van der Waals surface area contributed by atoms with Crippen molar-refractivity contribution in [3.05, 3.63) is 115 Å². The van der Waals surface area contributed by atoms with E-state index in [9.17, 15) is 0 Å². The van der Waals surface area contributed by atoms with Crippen LogP contribution in [-0.4, -0.2) is 8.07 Å². The zero-order valence-electron chi connectivity index (χ0n) is 21.8. The summed E-state index contributed by atoms with van der Waals surface area (Å²) in [6, 6.07) is 38.4. The number of rotatable bonds is 2. The van der Waals surface area contributed by atoms with Gasteiger partial charge in [-0.3, -0.25) is 0 Å². The number of aromatic nitrogens is 1. The summed E-state index contributed by atoms with van der Waals surface area (Å²) in [5, 5.41) is 8.43. The number of benzene rings is 5. The number of hydrogen-bond acceptors (Lipinski definition) is 0. The Morgan fingerprint density at radius 3 is 2.00 bits per heavy atom. The first kappa shape index (κ1) is 22.2. The van der Waals surface area contributed by atoms with Gasteiger partial charge in [-0.1, -0.05) is 92.0 Å². The Hall–Kier alpha value is -4.01. The fourth-order valence-electron chi connectivity index (χ4n) is 6.77. The lowest BCUT2D eigenvalue weighted by Gasteiger charge is -2.25. The highest BCUT2D eigenvalue weighted by molar-refractivity contribution is 7.05. The predicted molar refractivity (Wildman–Crippen MR) is 160 cm³/mol. The van der Waals surface area contributed by atoms with Crippen LogP contribution < -0.4 is 14.9 Å². The minimum absolute atomic E-state index is 1.29. The first-order valence-electron chi connectivity index (χ1n) is 13.1. The maximum atomic E-state index is 2.55. The van der Waals surface area contributed by atoms with E-state index in [1.54, 1.807) is 10.4 Å². The van der Waals surface area contributed by atoms with Crippen molar-refractivity contribution in [2.45, 2.75) is 20.0 Å². The van der Waals surface area contributed by atoms with Crippen LogP contribution >= 0.6 is 0 Å². The highest BCUT2D eigenvalue weighted by Gasteiger charge is 2.43. The molecule has 1 aliphatic heterocycles. The third kappa shape index (κ3) is 3.12. The SMILES string of the molecule is Cc1ccc2c(c1-c1cccc[n+]1C)[Si](C)(C)c1c-2cccc1-c1cc2ccccc2c2ccccc12. The summed E-state index contributed by atoms with van der Waals surface area (Å²) in [6.07, 6.45) is 2.16. The lowest BCUT2D eigenvalue weighted by atomic mass is 9.91. The number of aryl methyl sites for hydroxylation is 2. The number of pyridine rings is 1. The molecule has 5 aromatic carbocycles. The molecule has 7 rings (SSSR count). The summed E-state index contributed by atoms with van der Waals surface area (Å²) in [6.45, 7) is 7.38. The highest BCUT2D eigenvalue weighted by atomic mass is 28.3. The first-order chi connectivity index (χ1) is 18.0. The van der Waals surface area contributed by atoms with Gasteiger partial charge >= 0.3 is 0 Å². The molecule has 0 atom stereocenters.